The molecule has 0 amide bonds. The summed E-state index contributed by atoms with van der Waals surface area (Å²) in [6.07, 6.45) is 69.4. The summed E-state index contributed by atoms with van der Waals surface area (Å²) in [5, 5.41) is 0. The van der Waals surface area contributed by atoms with E-state index in [1.165, 1.54) is 296 Å². The predicted molar refractivity (Wildman–Crippen MR) is 247 cm³/mol. The molecule has 0 bridgehead atoms. The summed E-state index contributed by atoms with van der Waals surface area (Å²) in [4.78, 5) is 5.49. The van der Waals surface area contributed by atoms with Crippen molar-refractivity contribution in [2.75, 3.05) is 13.1 Å². The molecule has 0 fully saturated rings. The van der Waals surface area contributed by atoms with Gasteiger partial charge in [0.25, 0.3) is 0 Å². The second kappa shape index (κ2) is 43.5. The van der Waals surface area contributed by atoms with Crippen molar-refractivity contribution in [2.24, 2.45) is 0 Å². The molecule has 1 unspecified atom stereocenters. The van der Waals surface area contributed by atoms with Gasteiger partial charge in [0.05, 0.1) is 0 Å². The maximum Gasteiger partial charge on any atom is 0.101 e. The van der Waals surface area contributed by atoms with Gasteiger partial charge in [-0.2, -0.15) is 0 Å². The van der Waals surface area contributed by atoms with E-state index in [1.807, 2.05) is 0 Å². The molecule has 0 aromatic rings. The highest BCUT2D eigenvalue weighted by molar-refractivity contribution is 4.97. The van der Waals surface area contributed by atoms with Crippen LogP contribution < -0.4 is 0 Å². The van der Waals surface area contributed by atoms with Crippen molar-refractivity contribution in [2.45, 2.75) is 309 Å². The fourth-order valence-corrected chi connectivity index (χ4v) is 9.02. The van der Waals surface area contributed by atoms with Crippen molar-refractivity contribution in [1.82, 2.24) is 9.80 Å². The zero-order valence-electron chi connectivity index (χ0n) is 38.2. The summed E-state index contributed by atoms with van der Waals surface area (Å²) < 4.78 is 0. The Morgan fingerprint density at radius 2 is 0.426 bits per heavy atom. The molecule has 1 heterocycles. The topological polar surface area (TPSA) is 6.48 Å². The highest BCUT2D eigenvalue weighted by atomic mass is 15.4. The van der Waals surface area contributed by atoms with E-state index < -0.39 is 0 Å². The molecule has 0 aliphatic carbocycles. The molecule has 322 valence electrons. The van der Waals surface area contributed by atoms with Gasteiger partial charge in [0.1, 0.15) is 6.17 Å². The van der Waals surface area contributed by atoms with Crippen molar-refractivity contribution in [3.63, 3.8) is 0 Å². The van der Waals surface area contributed by atoms with Gasteiger partial charge in [0, 0.05) is 25.5 Å². The number of hydrogen-bond donors (Lipinski definition) is 0. The van der Waals surface area contributed by atoms with Crippen LogP contribution >= 0.6 is 0 Å². The van der Waals surface area contributed by atoms with Crippen LogP contribution in [0.25, 0.3) is 0 Å². The van der Waals surface area contributed by atoms with Crippen molar-refractivity contribution in [1.29, 1.82) is 0 Å². The summed E-state index contributed by atoms with van der Waals surface area (Å²) in [5.74, 6) is 0. The Balaban J connectivity index is 2.19. The van der Waals surface area contributed by atoms with Crippen LogP contribution in [-0.4, -0.2) is 29.1 Å². The van der Waals surface area contributed by atoms with Crippen LogP contribution in [0.1, 0.15) is 303 Å². The standard InChI is InChI=1S/C52H104N2/c1-4-7-10-13-16-19-22-25-27-28-29-30-32-35-38-41-44-47-52-53(48-45-42-39-36-33-24-21-18-15-12-9-6-3)50-51-54(52)49-46-43-40-37-34-31-26-23-20-17-14-11-8-5-2/h50-52H,4-49H2,1-3H3. The molecule has 0 saturated carbocycles. The second-order valence-corrected chi connectivity index (χ2v) is 18.2. The first-order chi connectivity index (χ1) is 26.8. The third kappa shape index (κ3) is 34.6. The Bertz CT molecular complexity index is 717. The first-order valence-electron chi connectivity index (χ1n) is 26.0. The fourth-order valence-electron chi connectivity index (χ4n) is 9.02. The maximum atomic E-state index is 2.74. The van der Waals surface area contributed by atoms with E-state index in [-0.39, 0.29) is 0 Å². The minimum absolute atomic E-state index is 0.635. The Hall–Kier alpha value is -0.660. The average molecular weight is 757 g/mol. The maximum absolute atomic E-state index is 2.74. The lowest BCUT2D eigenvalue weighted by atomic mass is 10.0. The van der Waals surface area contributed by atoms with E-state index in [2.05, 4.69) is 43.0 Å². The number of hydrogen-bond acceptors (Lipinski definition) is 2. The number of unbranched alkanes of at least 4 members (excludes halogenated alkanes) is 40. The van der Waals surface area contributed by atoms with E-state index >= 15 is 0 Å². The molecule has 0 spiro atoms. The lowest BCUT2D eigenvalue weighted by Crippen LogP contribution is -2.39. The lowest BCUT2D eigenvalue weighted by molar-refractivity contribution is 0.135. The van der Waals surface area contributed by atoms with Gasteiger partial charge < -0.3 is 9.80 Å². The summed E-state index contributed by atoms with van der Waals surface area (Å²) in [7, 11) is 0. The van der Waals surface area contributed by atoms with E-state index in [0.717, 1.165) is 0 Å². The van der Waals surface area contributed by atoms with Crippen LogP contribution in [0.4, 0.5) is 0 Å². The third-order valence-electron chi connectivity index (χ3n) is 12.8. The number of rotatable bonds is 46. The molecule has 54 heavy (non-hydrogen) atoms. The van der Waals surface area contributed by atoms with Crippen molar-refractivity contribution >= 4 is 0 Å². The normalized spacial score (nSPS) is 14.3. The molecule has 2 nitrogen and oxygen atoms in total. The van der Waals surface area contributed by atoms with Gasteiger partial charge in [0.15, 0.2) is 0 Å². The molecule has 1 rings (SSSR count). The van der Waals surface area contributed by atoms with Crippen LogP contribution in [0.15, 0.2) is 12.4 Å². The first kappa shape index (κ1) is 51.4. The minimum atomic E-state index is 0.635. The molecular formula is C52H104N2. The quantitative estimate of drug-likeness (QED) is 0.0571. The molecule has 0 radical (unpaired) electrons. The van der Waals surface area contributed by atoms with E-state index in [1.54, 1.807) is 0 Å². The molecule has 2 heteroatoms. The molecule has 1 atom stereocenters. The van der Waals surface area contributed by atoms with Crippen LogP contribution in [0.3, 0.4) is 0 Å². The average Bonchev–Trinajstić information content (AvgIpc) is 3.57. The monoisotopic (exact) mass is 757 g/mol. The SMILES string of the molecule is CCCCCCCCCCCCCCCCCCCC1N(CCCCCCCCCCCCCC)C=CN1CCCCCCCCCCCCCCCC. The lowest BCUT2D eigenvalue weighted by Gasteiger charge is -2.33. The summed E-state index contributed by atoms with van der Waals surface area (Å²) in [6, 6.07) is 0. The molecule has 0 aromatic heterocycles. The Morgan fingerprint density at radius 3 is 0.648 bits per heavy atom. The van der Waals surface area contributed by atoms with E-state index in [0.29, 0.717) is 6.17 Å². The largest absolute Gasteiger partial charge is 0.356 e. The smallest absolute Gasteiger partial charge is 0.101 e. The molecule has 0 N–H and O–H groups in total. The van der Waals surface area contributed by atoms with Crippen LogP contribution in [0.2, 0.25) is 0 Å². The zero-order chi connectivity index (χ0) is 38.7. The van der Waals surface area contributed by atoms with Crippen LogP contribution in [-0.2, 0) is 0 Å². The Kier molecular flexibility index (Phi) is 41.3. The van der Waals surface area contributed by atoms with Gasteiger partial charge in [-0.15, -0.1) is 0 Å². The highest BCUT2D eigenvalue weighted by Crippen LogP contribution is 2.24. The van der Waals surface area contributed by atoms with Crippen LogP contribution in [0, 0.1) is 0 Å². The van der Waals surface area contributed by atoms with Gasteiger partial charge in [0.2, 0.25) is 0 Å². The van der Waals surface area contributed by atoms with E-state index in [4.69, 9.17) is 0 Å². The van der Waals surface area contributed by atoms with Gasteiger partial charge >= 0.3 is 0 Å². The third-order valence-corrected chi connectivity index (χ3v) is 12.8. The van der Waals surface area contributed by atoms with Gasteiger partial charge in [-0.3, -0.25) is 0 Å². The van der Waals surface area contributed by atoms with Gasteiger partial charge in [-0.25, -0.2) is 0 Å². The van der Waals surface area contributed by atoms with Gasteiger partial charge in [-0.1, -0.05) is 278 Å². The summed E-state index contributed by atoms with van der Waals surface area (Å²) in [5.41, 5.74) is 0. The molecular weight excluding hydrogens is 653 g/mol. The van der Waals surface area contributed by atoms with Crippen LogP contribution in [0.5, 0.6) is 0 Å². The molecule has 1 aliphatic heterocycles. The molecule has 0 aromatic carbocycles. The van der Waals surface area contributed by atoms with Crippen molar-refractivity contribution < 1.29 is 0 Å². The fraction of sp³-hybridized carbons (Fsp3) is 0.962. The highest BCUT2D eigenvalue weighted by Gasteiger charge is 2.25. The summed E-state index contributed by atoms with van der Waals surface area (Å²) >= 11 is 0. The zero-order valence-corrected chi connectivity index (χ0v) is 38.2. The minimum Gasteiger partial charge on any atom is -0.356 e. The van der Waals surface area contributed by atoms with E-state index in [9.17, 15) is 0 Å². The van der Waals surface area contributed by atoms with Crippen molar-refractivity contribution in [3.05, 3.63) is 12.4 Å². The summed E-state index contributed by atoms with van der Waals surface area (Å²) in [6.45, 7) is 9.50. The predicted octanol–water partition coefficient (Wildman–Crippen LogP) is 18.6. The molecule has 0 saturated heterocycles. The Morgan fingerprint density at radius 1 is 0.241 bits per heavy atom. The van der Waals surface area contributed by atoms with Crippen molar-refractivity contribution in [3.8, 4) is 0 Å². The molecule has 1 aliphatic rings. The second-order valence-electron chi connectivity index (χ2n) is 18.2. The number of nitrogens with zero attached hydrogens (tertiary/aromatic N) is 2. The Labute approximate surface area is 343 Å². The first-order valence-corrected chi connectivity index (χ1v) is 26.0. The van der Waals surface area contributed by atoms with Gasteiger partial charge in [-0.05, 0) is 25.7 Å².